The van der Waals surface area contributed by atoms with Crippen molar-refractivity contribution in [2.45, 2.75) is 6.42 Å². The van der Waals surface area contributed by atoms with Crippen LogP contribution in [-0.4, -0.2) is 14.5 Å². The third-order valence-electron chi connectivity index (χ3n) is 3.60. The number of aromatic amines is 1. The summed E-state index contributed by atoms with van der Waals surface area (Å²) in [6.45, 7) is 0. The summed E-state index contributed by atoms with van der Waals surface area (Å²) in [5, 5.41) is 0.478. The molecule has 4 aromatic rings. The topological polar surface area (TPSA) is 63.8 Å². The molecule has 0 bridgehead atoms. The normalized spacial score (nSPS) is 11.1. The number of hydrogen-bond acceptors (Lipinski definition) is 3. The summed E-state index contributed by atoms with van der Waals surface area (Å²) in [5.41, 5.74) is 2.38. The number of H-pyrrole nitrogens is 1. The first kappa shape index (κ1) is 12.6. The van der Waals surface area contributed by atoms with Gasteiger partial charge in [-0.1, -0.05) is 12.1 Å². The highest BCUT2D eigenvalue weighted by atomic mass is 16.3. The van der Waals surface area contributed by atoms with Crippen molar-refractivity contribution in [1.82, 2.24) is 14.5 Å². The number of nitrogens with zero attached hydrogens (tertiary/aromatic N) is 2. The van der Waals surface area contributed by atoms with Crippen molar-refractivity contribution in [1.29, 1.82) is 0 Å². The fourth-order valence-corrected chi connectivity index (χ4v) is 2.49. The molecule has 3 aromatic heterocycles. The summed E-state index contributed by atoms with van der Waals surface area (Å²) in [6.07, 6.45) is 6.04. The Morgan fingerprint density at radius 1 is 1.09 bits per heavy atom. The van der Waals surface area contributed by atoms with Gasteiger partial charge in [0.1, 0.15) is 11.2 Å². The SMILES string of the molecule is O=c1nc(Cc2ccc(-n3cccc3)cc2)[nH]c2occc12. The maximum atomic E-state index is 11.9. The Bertz CT molecular complexity index is 963. The van der Waals surface area contributed by atoms with Crippen LogP contribution in [0.3, 0.4) is 0 Å². The monoisotopic (exact) mass is 291 g/mol. The highest BCUT2D eigenvalue weighted by molar-refractivity contribution is 5.71. The van der Waals surface area contributed by atoms with Crippen molar-refractivity contribution in [3.05, 3.63) is 82.9 Å². The van der Waals surface area contributed by atoms with Gasteiger partial charge in [0.15, 0.2) is 0 Å². The van der Waals surface area contributed by atoms with Gasteiger partial charge in [0.2, 0.25) is 5.71 Å². The second-order valence-corrected chi connectivity index (χ2v) is 5.09. The standard InChI is InChI=1S/C17H13N3O2/c21-16-14-7-10-22-17(14)19-15(18-16)11-12-3-5-13(6-4-12)20-8-1-2-9-20/h1-10H,11H2,(H,18,19,21). The molecule has 0 aliphatic heterocycles. The second kappa shape index (κ2) is 5.04. The number of hydrogen-bond donors (Lipinski definition) is 1. The summed E-state index contributed by atoms with van der Waals surface area (Å²) in [6, 6.07) is 13.7. The molecule has 5 nitrogen and oxygen atoms in total. The van der Waals surface area contributed by atoms with E-state index in [1.54, 1.807) is 6.07 Å². The lowest BCUT2D eigenvalue weighted by Gasteiger charge is -2.05. The molecule has 3 heterocycles. The lowest BCUT2D eigenvalue weighted by atomic mass is 10.1. The minimum absolute atomic E-state index is 0.263. The fourth-order valence-electron chi connectivity index (χ4n) is 2.49. The largest absolute Gasteiger partial charge is 0.448 e. The summed E-state index contributed by atoms with van der Waals surface area (Å²) in [7, 11) is 0. The van der Waals surface area contributed by atoms with Crippen molar-refractivity contribution in [3.8, 4) is 5.69 Å². The zero-order valence-corrected chi connectivity index (χ0v) is 11.7. The predicted octanol–water partition coefficient (Wildman–Crippen LogP) is 2.90. The number of furan rings is 1. The predicted molar refractivity (Wildman–Crippen MR) is 83.2 cm³/mol. The molecule has 0 spiro atoms. The number of rotatable bonds is 3. The third-order valence-corrected chi connectivity index (χ3v) is 3.60. The van der Waals surface area contributed by atoms with E-state index in [0.717, 1.165) is 11.3 Å². The Balaban J connectivity index is 1.63. The van der Waals surface area contributed by atoms with E-state index in [4.69, 9.17) is 4.42 Å². The molecule has 4 rings (SSSR count). The summed E-state index contributed by atoms with van der Waals surface area (Å²) < 4.78 is 7.29. The first-order valence-electron chi connectivity index (χ1n) is 6.98. The van der Waals surface area contributed by atoms with Crippen molar-refractivity contribution < 1.29 is 4.42 Å². The molecule has 0 aliphatic carbocycles. The van der Waals surface area contributed by atoms with E-state index in [2.05, 4.69) is 9.97 Å². The Morgan fingerprint density at radius 3 is 2.64 bits per heavy atom. The van der Waals surface area contributed by atoms with Crippen LogP contribution in [0.15, 0.2) is 70.3 Å². The van der Waals surface area contributed by atoms with Crippen LogP contribution in [0.25, 0.3) is 16.8 Å². The van der Waals surface area contributed by atoms with E-state index in [-0.39, 0.29) is 5.56 Å². The Hall–Kier alpha value is -3.08. The Labute approximate surface area is 125 Å². The number of nitrogens with one attached hydrogen (secondary N) is 1. The van der Waals surface area contributed by atoms with Crippen LogP contribution in [0.1, 0.15) is 11.4 Å². The summed E-state index contributed by atoms with van der Waals surface area (Å²) in [4.78, 5) is 19.0. The molecule has 0 unspecified atom stereocenters. The van der Waals surface area contributed by atoms with Gasteiger partial charge in [-0.3, -0.25) is 4.79 Å². The van der Waals surface area contributed by atoms with Crippen molar-refractivity contribution >= 4 is 11.1 Å². The molecule has 1 N–H and O–H groups in total. The zero-order chi connectivity index (χ0) is 14.9. The summed E-state index contributed by atoms with van der Waals surface area (Å²) >= 11 is 0. The van der Waals surface area contributed by atoms with E-state index in [9.17, 15) is 4.79 Å². The van der Waals surface area contributed by atoms with Crippen LogP contribution >= 0.6 is 0 Å². The van der Waals surface area contributed by atoms with Crippen molar-refractivity contribution in [2.75, 3.05) is 0 Å². The minimum Gasteiger partial charge on any atom is -0.448 e. The van der Waals surface area contributed by atoms with E-state index in [1.165, 1.54) is 6.26 Å². The molecule has 0 aliphatic rings. The lowest BCUT2D eigenvalue weighted by Crippen LogP contribution is -2.11. The first-order valence-corrected chi connectivity index (χ1v) is 6.98. The molecular weight excluding hydrogens is 278 g/mol. The van der Waals surface area contributed by atoms with Gasteiger partial charge < -0.3 is 14.0 Å². The molecule has 0 atom stereocenters. The van der Waals surface area contributed by atoms with Gasteiger partial charge in [0, 0.05) is 24.5 Å². The molecule has 0 saturated carbocycles. The minimum atomic E-state index is -0.263. The van der Waals surface area contributed by atoms with Crippen molar-refractivity contribution in [2.24, 2.45) is 0 Å². The lowest BCUT2D eigenvalue weighted by molar-refractivity contribution is 0.599. The molecule has 1 aromatic carbocycles. The molecule has 0 radical (unpaired) electrons. The molecule has 0 amide bonds. The van der Waals surface area contributed by atoms with E-state index < -0.39 is 0 Å². The maximum Gasteiger partial charge on any atom is 0.284 e. The first-order chi connectivity index (χ1) is 10.8. The van der Waals surface area contributed by atoms with E-state index in [0.29, 0.717) is 23.3 Å². The average molecular weight is 291 g/mol. The van der Waals surface area contributed by atoms with Crippen LogP contribution < -0.4 is 5.56 Å². The van der Waals surface area contributed by atoms with Crippen LogP contribution in [0.5, 0.6) is 0 Å². The average Bonchev–Trinajstić information content (AvgIpc) is 3.19. The smallest absolute Gasteiger partial charge is 0.284 e. The second-order valence-electron chi connectivity index (χ2n) is 5.09. The van der Waals surface area contributed by atoms with E-state index >= 15 is 0 Å². The molecule has 5 heteroatoms. The highest BCUT2D eigenvalue weighted by Crippen LogP contribution is 2.13. The van der Waals surface area contributed by atoms with Gasteiger partial charge in [-0.2, -0.15) is 4.98 Å². The van der Waals surface area contributed by atoms with Gasteiger partial charge in [0.05, 0.1) is 6.26 Å². The quantitative estimate of drug-likeness (QED) is 0.631. The van der Waals surface area contributed by atoms with Gasteiger partial charge in [-0.25, -0.2) is 0 Å². The van der Waals surface area contributed by atoms with Crippen LogP contribution in [-0.2, 0) is 6.42 Å². The number of aromatic nitrogens is 3. The van der Waals surface area contributed by atoms with Crippen LogP contribution in [0.4, 0.5) is 0 Å². The van der Waals surface area contributed by atoms with Gasteiger partial charge >= 0.3 is 0 Å². The van der Waals surface area contributed by atoms with Gasteiger partial charge in [-0.05, 0) is 35.9 Å². The zero-order valence-electron chi connectivity index (χ0n) is 11.7. The molecule has 0 saturated heterocycles. The van der Waals surface area contributed by atoms with E-state index in [1.807, 2.05) is 53.4 Å². The van der Waals surface area contributed by atoms with Crippen LogP contribution in [0, 0.1) is 0 Å². The van der Waals surface area contributed by atoms with Crippen LogP contribution in [0.2, 0.25) is 0 Å². The summed E-state index contributed by atoms with van der Waals surface area (Å²) in [5.74, 6) is 0.598. The van der Waals surface area contributed by atoms with Crippen molar-refractivity contribution in [3.63, 3.8) is 0 Å². The maximum absolute atomic E-state index is 11.9. The molecule has 108 valence electrons. The number of benzene rings is 1. The fraction of sp³-hybridized carbons (Fsp3) is 0.0588. The molecule has 22 heavy (non-hydrogen) atoms. The molecule has 0 fully saturated rings. The molecular formula is C17H13N3O2. The number of fused-ring (bicyclic) bond motifs is 1. The third kappa shape index (κ3) is 2.22. The Morgan fingerprint density at radius 2 is 1.86 bits per heavy atom. The Kier molecular flexibility index (Phi) is 2.89. The van der Waals surface area contributed by atoms with Gasteiger partial charge in [-0.15, -0.1) is 0 Å². The highest BCUT2D eigenvalue weighted by Gasteiger charge is 2.07. The van der Waals surface area contributed by atoms with Gasteiger partial charge in [0.25, 0.3) is 5.56 Å².